The van der Waals surface area contributed by atoms with Gasteiger partial charge in [-0.25, -0.2) is 8.51 Å². The van der Waals surface area contributed by atoms with Crippen molar-refractivity contribution in [3.63, 3.8) is 0 Å². The first-order valence-corrected chi connectivity index (χ1v) is 10.1. The van der Waals surface area contributed by atoms with Crippen LogP contribution in [0.1, 0.15) is 44.1 Å². The van der Waals surface area contributed by atoms with Crippen LogP contribution in [0.15, 0.2) is 18.2 Å². The van der Waals surface area contributed by atoms with Gasteiger partial charge in [0.2, 0.25) is 11.0 Å². The van der Waals surface area contributed by atoms with Crippen molar-refractivity contribution in [2.24, 2.45) is 5.92 Å². The van der Waals surface area contributed by atoms with E-state index in [2.05, 4.69) is 5.32 Å². The van der Waals surface area contributed by atoms with Gasteiger partial charge < -0.3 is 5.32 Å². The fourth-order valence-electron chi connectivity index (χ4n) is 3.78. The number of nitrogens with one attached hydrogen (secondary N) is 1. The Morgan fingerprint density at radius 1 is 1.24 bits per heavy atom. The molecule has 1 aromatic carbocycles. The van der Waals surface area contributed by atoms with Gasteiger partial charge in [-0.2, -0.15) is 13.2 Å². The van der Waals surface area contributed by atoms with E-state index in [0.717, 1.165) is 22.8 Å². The lowest BCUT2D eigenvalue weighted by molar-refractivity contribution is -0.0431. The second kappa shape index (κ2) is 7.84. The average molecular weight is 395 g/mol. The fourth-order valence-corrected chi connectivity index (χ4v) is 4.87. The van der Waals surface area contributed by atoms with Crippen LogP contribution in [0.25, 0.3) is 0 Å². The van der Waals surface area contributed by atoms with E-state index in [4.69, 9.17) is 11.6 Å². The molecule has 0 amide bonds. The first kappa shape index (κ1) is 19.0. The maximum absolute atomic E-state index is 13.0. The molecule has 2 unspecified atom stereocenters. The van der Waals surface area contributed by atoms with Crippen LogP contribution in [-0.2, 0) is 17.5 Å². The summed E-state index contributed by atoms with van der Waals surface area (Å²) >= 11 is 6.18. The average Bonchev–Trinajstić information content (AvgIpc) is 2.99. The van der Waals surface area contributed by atoms with Crippen molar-refractivity contribution in [3.8, 4) is 0 Å². The Bertz CT molecular complexity index is 635. The Morgan fingerprint density at radius 3 is 2.64 bits per heavy atom. The first-order valence-electron chi connectivity index (χ1n) is 8.62. The van der Waals surface area contributed by atoms with Crippen molar-refractivity contribution in [3.05, 3.63) is 28.8 Å². The quantitative estimate of drug-likeness (QED) is 0.771. The lowest BCUT2D eigenvalue weighted by Crippen LogP contribution is -2.40. The van der Waals surface area contributed by atoms with E-state index in [1.807, 2.05) is 6.07 Å². The van der Waals surface area contributed by atoms with Crippen LogP contribution in [-0.4, -0.2) is 26.6 Å². The minimum atomic E-state index is -4.76. The standard InChI is InChI=1S/C17H22ClF3N2OS/c18-15-6-3-7-16-14(15)11-23(25(24)17(19,20)21)10-13(22-16)9-8-12-4-1-2-5-12/h3,6-7,12-13,22H,1-2,4-5,8-11H2. The Balaban J connectivity index is 1.79. The van der Waals surface area contributed by atoms with Crippen LogP contribution >= 0.6 is 11.6 Å². The minimum absolute atomic E-state index is 0.0753. The number of nitrogens with zero attached hydrogens (tertiary/aromatic N) is 1. The highest BCUT2D eigenvalue weighted by molar-refractivity contribution is 7.83. The zero-order valence-corrected chi connectivity index (χ0v) is 15.4. The van der Waals surface area contributed by atoms with Gasteiger partial charge in [-0.1, -0.05) is 43.4 Å². The molecule has 1 saturated carbocycles. The van der Waals surface area contributed by atoms with Crippen LogP contribution in [0.2, 0.25) is 5.02 Å². The summed E-state index contributed by atoms with van der Waals surface area (Å²) in [7, 11) is -3.04. The van der Waals surface area contributed by atoms with Crippen LogP contribution in [0.5, 0.6) is 0 Å². The van der Waals surface area contributed by atoms with E-state index in [1.165, 1.54) is 25.7 Å². The predicted octanol–water partition coefficient (Wildman–Crippen LogP) is 5.09. The third-order valence-corrected chi connectivity index (χ3v) is 6.56. The lowest BCUT2D eigenvalue weighted by atomic mass is 9.98. The molecule has 1 heterocycles. The Labute approximate surface area is 153 Å². The van der Waals surface area contributed by atoms with Gasteiger partial charge in [-0.3, -0.25) is 0 Å². The summed E-state index contributed by atoms with van der Waals surface area (Å²) in [6.45, 7) is 0.0118. The molecular weight excluding hydrogens is 373 g/mol. The monoisotopic (exact) mass is 394 g/mol. The highest BCUT2D eigenvalue weighted by Crippen LogP contribution is 2.34. The second-order valence-electron chi connectivity index (χ2n) is 6.85. The van der Waals surface area contributed by atoms with Gasteiger partial charge in [0.1, 0.15) is 0 Å². The largest absolute Gasteiger partial charge is 0.485 e. The predicted molar refractivity (Wildman–Crippen MR) is 94.7 cm³/mol. The molecule has 3 rings (SSSR count). The van der Waals surface area contributed by atoms with E-state index in [0.29, 0.717) is 16.5 Å². The molecule has 0 aromatic heterocycles. The molecule has 25 heavy (non-hydrogen) atoms. The zero-order chi connectivity index (χ0) is 18.0. The number of hydrogen-bond acceptors (Lipinski definition) is 2. The molecule has 2 aliphatic rings. The summed E-state index contributed by atoms with van der Waals surface area (Å²) in [6.07, 6.45) is 6.64. The van der Waals surface area contributed by atoms with Gasteiger partial charge in [0.15, 0.2) is 0 Å². The molecule has 140 valence electrons. The Morgan fingerprint density at radius 2 is 1.96 bits per heavy atom. The summed E-state index contributed by atoms with van der Waals surface area (Å²) in [5, 5.41) is 3.73. The molecule has 1 N–H and O–H groups in total. The van der Waals surface area contributed by atoms with Crippen LogP contribution in [0.3, 0.4) is 0 Å². The number of alkyl halides is 3. The van der Waals surface area contributed by atoms with Crippen molar-refractivity contribution < 1.29 is 17.4 Å². The molecule has 1 fully saturated rings. The van der Waals surface area contributed by atoms with Crippen LogP contribution < -0.4 is 5.32 Å². The van der Waals surface area contributed by atoms with E-state index >= 15 is 0 Å². The Hall–Kier alpha value is -0.790. The van der Waals surface area contributed by atoms with E-state index < -0.39 is 16.5 Å². The third-order valence-electron chi connectivity index (χ3n) is 5.07. The van der Waals surface area contributed by atoms with Crippen molar-refractivity contribution >= 4 is 28.3 Å². The van der Waals surface area contributed by atoms with Gasteiger partial charge in [0, 0.05) is 35.4 Å². The molecule has 8 heteroatoms. The SMILES string of the molecule is O=S(N1Cc2c(Cl)cccc2NC(CCC2CCCC2)C1)C(F)(F)F. The van der Waals surface area contributed by atoms with Crippen LogP contribution in [0.4, 0.5) is 18.9 Å². The van der Waals surface area contributed by atoms with Gasteiger partial charge in [-0.05, 0) is 30.9 Å². The molecule has 0 radical (unpaired) electrons. The number of rotatable bonds is 4. The van der Waals surface area contributed by atoms with Gasteiger partial charge in [0.05, 0.1) is 0 Å². The molecule has 2 atom stereocenters. The van der Waals surface area contributed by atoms with Gasteiger partial charge in [-0.15, -0.1) is 0 Å². The minimum Gasteiger partial charge on any atom is -0.381 e. The number of fused-ring (bicyclic) bond motifs is 1. The highest BCUT2D eigenvalue weighted by atomic mass is 35.5. The molecular formula is C17H22ClF3N2OS. The molecule has 0 saturated heterocycles. The molecule has 1 aromatic rings. The van der Waals surface area contributed by atoms with E-state index in [-0.39, 0.29) is 19.1 Å². The number of hydrogen-bond donors (Lipinski definition) is 1. The summed E-state index contributed by atoms with van der Waals surface area (Å²) in [5.74, 6) is 0.658. The summed E-state index contributed by atoms with van der Waals surface area (Å²) < 4.78 is 51.9. The smallest absolute Gasteiger partial charge is 0.381 e. The van der Waals surface area contributed by atoms with Crippen molar-refractivity contribution in [1.29, 1.82) is 0 Å². The van der Waals surface area contributed by atoms with Crippen molar-refractivity contribution in [2.75, 3.05) is 11.9 Å². The first-order chi connectivity index (χ1) is 11.8. The van der Waals surface area contributed by atoms with E-state index in [1.54, 1.807) is 12.1 Å². The molecule has 0 bridgehead atoms. The topological polar surface area (TPSA) is 32.3 Å². The van der Waals surface area contributed by atoms with Crippen molar-refractivity contribution in [2.45, 2.75) is 56.6 Å². The summed E-state index contributed by atoms with van der Waals surface area (Å²) in [5.41, 5.74) is -3.45. The highest BCUT2D eigenvalue weighted by Gasteiger charge is 2.43. The molecule has 0 spiro atoms. The van der Waals surface area contributed by atoms with Crippen LogP contribution in [0, 0.1) is 5.92 Å². The zero-order valence-electron chi connectivity index (χ0n) is 13.8. The van der Waals surface area contributed by atoms with Crippen molar-refractivity contribution in [1.82, 2.24) is 4.31 Å². The lowest BCUT2D eigenvalue weighted by Gasteiger charge is -2.25. The normalized spacial score (nSPS) is 23.8. The number of anilines is 1. The summed E-state index contributed by atoms with van der Waals surface area (Å²) in [6, 6.07) is 5.07. The van der Waals surface area contributed by atoms with E-state index in [9.17, 15) is 17.4 Å². The molecule has 1 aliphatic carbocycles. The third kappa shape index (κ3) is 4.68. The van der Waals surface area contributed by atoms with Gasteiger partial charge >= 0.3 is 5.51 Å². The summed E-state index contributed by atoms with van der Waals surface area (Å²) in [4.78, 5) is 0. The Kier molecular flexibility index (Phi) is 5.96. The maximum atomic E-state index is 13.0. The molecule has 3 nitrogen and oxygen atoms in total. The number of benzene rings is 1. The maximum Gasteiger partial charge on any atom is 0.485 e. The van der Waals surface area contributed by atoms with Gasteiger partial charge in [0.25, 0.3) is 0 Å². The number of halogens is 4. The molecule has 1 aliphatic heterocycles. The second-order valence-corrected chi connectivity index (χ2v) is 8.74. The fraction of sp³-hybridized carbons (Fsp3) is 0.647.